The van der Waals surface area contributed by atoms with Gasteiger partial charge in [-0.1, -0.05) is 0 Å². The SMILES string of the molecule is COC(=O)/C=C/C(=O)OC[C@@H]1CCCC1=O. The highest BCUT2D eigenvalue weighted by Gasteiger charge is 2.25. The minimum Gasteiger partial charge on any atom is -0.466 e. The first-order chi connectivity index (χ1) is 7.63. The molecule has 1 saturated carbocycles. The molecule has 1 fully saturated rings. The van der Waals surface area contributed by atoms with Crippen molar-refractivity contribution in [1.29, 1.82) is 0 Å². The number of ketones is 1. The number of methoxy groups -OCH3 is 1. The molecule has 0 radical (unpaired) electrons. The average Bonchev–Trinajstić information content (AvgIpc) is 2.69. The summed E-state index contributed by atoms with van der Waals surface area (Å²) in [5.41, 5.74) is 0. The fourth-order valence-electron chi connectivity index (χ4n) is 1.50. The molecule has 5 heteroatoms. The minimum atomic E-state index is -0.634. The van der Waals surface area contributed by atoms with Gasteiger partial charge in [-0.05, 0) is 12.8 Å². The number of carbonyl (C=O) groups excluding carboxylic acids is 3. The molecule has 1 aliphatic carbocycles. The second kappa shape index (κ2) is 6.05. The predicted octanol–water partition coefficient (Wildman–Crippen LogP) is 0.628. The molecule has 0 bridgehead atoms. The van der Waals surface area contributed by atoms with Crippen LogP contribution in [0.1, 0.15) is 19.3 Å². The van der Waals surface area contributed by atoms with Crippen LogP contribution in [0.5, 0.6) is 0 Å². The van der Waals surface area contributed by atoms with E-state index in [4.69, 9.17) is 4.74 Å². The van der Waals surface area contributed by atoms with Gasteiger partial charge in [-0.15, -0.1) is 0 Å². The second-order valence-corrected chi connectivity index (χ2v) is 3.54. The van der Waals surface area contributed by atoms with E-state index < -0.39 is 11.9 Å². The van der Waals surface area contributed by atoms with Gasteiger partial charge in [0.25, 0.3) is 0 Å². The van der Waals surface area contributed by atoms with Crippen molar-refractivity contribution in [3.63, 3.8) is 0 Å². The molecule has 5 nitrogen and oxygen atoms in total. The van der Waals surface area contributed by atoms with Crippen LogP contribution in [0, 0.1) is 5.92 Å². The zero-order valence-corrected chi connectivity index (χ0v) is 9.10. The lowest BCUT2D eigenvalue weighted by Crippen LogP contribution is -2.16. The van der Waals surface area contributed by atoms with Crippen molar-refractivity contribution in [3.8, 4) is 0 Å². The van der Waals surface area contributed by atoms with Crippen LogP contribution in [0.4, 0.5) is 0 Å². The van der Waals surface area contributed by atoms with Gasteiger partial charge >= 0.3 is 11.9 Å². The number of esters is 2. The highest BCUT2D eigenvalue weighted by molar-refractivity contribution is 5.91. The van der Waals surface area contributed by atoms with Gasteiger partial charge in [-0.2, -0.15) is 0 Å². The van der Waals surface area contributed by atoms with E-state index in [-0.39, 0.29) is 18.3 Å². The number of Topliss-reactive ketones (excluding diaryl/α,β-unsaturated/α-hetero) is 1. The van der Waals surface area contributed by atoms with Crippen molar-refractivity contribution in [2.24, 2.45) is 5.92 Å². The Hall–Kier alpha value is -1.65. The van der Waals surface area contributed by atoms with E-state index in [1.165, 1.54) is 7.11 Å². The Labute approximate surface area is 93.4 Å². The highest BCUT2D eigenvalue weighted by Crippen LogP contribution is 2.21. The number of hydrogen-bond acceptors (Lipinski definition) is 5. The van der Waals surface area contributed by atoms with E-state index in [2.05, 4.69) is 4.74 Å². The summed E-state index contributed by atoms with van der Waals surface area (Å²) in [6.45, 7) is 0.100. The lowest BCUT2D eigenvalue weighted by Gasteiger charge is -2.06. The molecular weight excluding hydrogens is 212 g/mol. The normalized spacial score (nSPS) is 20.1. The van der Waals surface area contributed by atoms with E-state index in [1.54, 1.807) is 0 Å². The maximum Gasteiger partial charge on any atom is 0.331 e. The molecule has 16 heavy (non-hydrogen) atoms. The molecule has 0 aromatic carbocycles. The molecule has 0 aromatic rings. The van der Waals surface area contributed by atoms with Crippen molar-refractivity contribution < 1.29 is 23.9 Å². The molecule has 0 aromatic heterocycles. The van der Waals surface area contributed by atoms with Crippen LogP contribution in [-0.4, -0.2) is 31.4 Å². The Kier molecular flexibility index (Phi) is 4.69. The van der Waals surface area contributed by atoms with Crippen LogP contribution < -0.4 is 0 Å². The topological polar surface area (TPSA) is 69.7 Å². The highest BCUT2D eigenvalue weighted by atomic mass is 16.5. The largest absolute Gasteiger partial charge is 0.466 e. The van der Waals surface area contributed by atoms with Crippen LogP contribution >= 0.6 is 0 Å². The molecule has 0 saturated heterocycles. The van der Waals surface area contributed by atoms with Crippen molar-refractivity contribution >= 4 is 17.7 Å². The van der Waals surface area contributed by atoms with E-state index in [0.29, 0.717) is 6.42 Å². The standard InChI is InChI=1S/C11H14O5/c1-15-10(13)5-6-11(14)16-7-8-3-2-4-9(8)12/h5-6,8H,2-4,7H2,1H3/b6-5+/t8-/m0/s1. The number of hydrogen-bond donors (Lipinski definition) is 0. The molecule has 1 aliphatic rings. The molecule has 0 amide bonds. The number of ether oxygens (including phenoxy) is 2. The molecule has 0 N–H and O–H groups in total. The molecule has 0 unspecified atom stereocenters. The fraction of sp³-hybridized carbons (Fsp3) is 0.545. The van der Waals surface area contributed by atoms with Crippen LogP contribution in [0.25, 0.3) is 0 Å². The van der Waals surface area contributed by atoms with Crippen molar-refractivity contribution in [2.45, 2.75) is 19.3 Å². The maximum atomic E-state index is 11.2. The Morgan fingerprint density at radius 2 is 2.06 bits per heavy atom. The third-order valence-corrected chi connectivity index (χ3v) is 2.41. The first kappa shape index (κ1) is 12.4. The van der Waals surface area contributed by atoms with E-state index in [9.17, 15) is 14.4 Å². The molecule has 1 rings (SSSR count). The van der Waals surface area contributed by atoms with Crippen LogP contribution in [0.2, 0.25) is 0 Å². The predicted molar refractivity (Wildman–Crippen MR) is 54.5 cm³/mol. The molecule has 0 aliphatic heterocycles. The summed E-state index contributed by atoms with van der Waals surface area (Å²) in [5.74, 6) is -1.28. The molecule has 0 heterocycles. The molecule has 88 valence electrons. The third-order valence-electron chi connectivity index (χ3n) is 2.41. The fourth-order valence-corrected chi connectivity index (χ4v) is 1.50. The van der Waals surface area contributed by atoms with Crippen molar-refractivity contribution in [1.82, 2.24) is 0 Å². The average molecular weight is 226 g/mol. The summed E-state index contributed by atoms with van der Waals surface area (Å²) in [6, 6.07) is 0. The molecule has 1 atom stereocenters. The van der Waals surface area contributed by atoms with Crippen LogP contribution in [-0.2, 0) is 23.9 Å². The lowest BCUT2D eigenvalue weighted by molar-refractivity contribution is -0.141. The summed E-state index contributed by atoms with van der Waals surface area (Å²) >= 11 is 0. The van der Waals surface area contributed by atoms with Gasteiger partial charge in [-0.25, -0.2) is 9.59 Å². The number of carbonyl (C=O) groups is 3. The quantitative estimate of drug-likeness (QED) is 0.519. The Morgan fingerprint density at radius 1 is 1.38 bits per heavy atom. The summed E-state index contributed by atoms with van der Waals surface area (Å²) in [6.07, 6.45) is 4.18. The summed E-state index contributed by atoms with van der Waals surface area (Å²) in [7, 11) is 1.22. The van der Waals surface area contributed by atoms with Gasteiger partial charge in [0, 0.05) is 18.6 Å². The zero-order chi connectivity index (χ0) is 12.0. The summed E-state index contributed by atoms with van der Waals surface area (Å²) in [4.78, 5) is 33.0. The van der Waals surface area contributed by atoms with Crippen LogP contribution in [0.15, 0.2) is 12.2 Å². The van der Waals surface area contributed by atoms with Gasteiger partial charge in [0.05, 0.1) is 13.0 Å². The monoisotopic (exact) mass is 226 g/mol. The van der Waals surface area contributed by atoms with Crippen LogP contribution in [0.3, 0.4) is 0 Å². The second-order valence-electron chi connectivity index (χ2n) is 3.54. The third kappa shape index (κ3) is 3.84. The van der Waals surface area contributed by atoms with Gasteiger partial charge in [0.15, 0.2) is 0 Å². The lowest BCUT2D eigenvalue weighted by atomic mass is 10.1. The van der Waals surface area contributed by atoms with Gasteiger partial charge in [0.2, 0.25) is 0 Å². The van der Waals surface area contributed by atoms with Gasteiger partial charge < -0.3 is 9.47 Å². The summed E-state index contributed by atoms with van der Waals surface area (Å²) in [5, 5.41) is 0. The Bertz CT molecular complexity index is 318. The van der Waals surface area contributed by atoms with E-state index in [0.717, 1.165) is 25.0 Å². The smallest absolute Gasteiger partial charge is 0.331 e. The van der Waals surface area contributed by atoms with Gasteiger partial charge in [-0.3, -0.25) is 4.79 Å². The maximum absolute atomic E-state index is 11.2. The zero-order valence-electron chi connectivity index (χ0n) is 9.10. The Balaban J connectivity index is 2.27. The van der Waals surface area contributed by atoms with E-state index >= 15 is 0 Å². The first-order valence-corrected chi connectivity index (χ1v) is 5.09. The first-order valence-electron chi connectivity index (χ1n) is 5.09. The van der Waals surface area contributed by atoms with Gasteiger partial charge in [0.1, 0.15) is 12.4 Å². The van der Waals surface area contributed by atoms with Crippen molar-refractivity contribution in [2.75, 3.05) is 13.7 Å². The van der Waals surface area contributed by atoms with Crippen molar-refractivity contribution in [3.05, 3.63) is 12.2 Å². The minimum absolute atomic E-state index is 0.100. The number of rotatable bonds is 4. The molecular formula is C11H14O5. The van der Waals surface area contributed by atoms with E-state index in [1.807, 2.05) is 0 Å². The molecule has 0 spiro atoms. The Morgan fingerprint density at radius 3 is 2.62 bits per heavy atom. The summed E-state index contributed by atoms with van der Waals surface area (Å²) < 4.78 is 9.14.